The number of carbonyl (C=O) groups is 2. The molecule has 1 aromatic carbocycles. The van der Waals surface area contributed by atoms with Crippen LogP contribution >= 0.6 is 11.3 Å². The number of rotatable bonds is 7. The van der Waals surface area contributed by atoms with Crippen LogP contribution in [0.5, 0.6) is 0 Å². The molecule has 1 aliphatic heterocycles. The summed E-state index contributed by atoms with van der Waals surface area (Å²) in [5, 5.41) is 23.3. The van der Waals surface area contributed by atoms with Crippen molar-refractivity contribution in [3.63, 3.8) is 0 Å². The predicted molar refractivity (Wildman–Crippen MR) is 110 cm³/mol. The molecule has 1 fully saturated rings. The van der Waals surface area contributed by atoms with Gasteiger partial charge in [-0.2, -0.15) is 4.80 Å². The number of nitrogens with one attached hydrogen (secondary N) is 1. The minimum Gasteiger partial charge on any atom is -0.343 e. The summed E-state index contributed by atoms with van der Waals surface area (Å²) in [7, 11) is 0. The molecule has 10 nitrogen and oxygen atoms in total. The number of nitrogens with zero attached hydrogens (tertiary/aromatic N) is 7. The van der Waals surface area contributed by atoms with Crippen LogP contribution in [0.4, 0.5) is 5.13 Å². The van der Waals surface area contributed by atoms with Crippen LogP contribution in [0.25, 0.3) is 11.4 Å². The minimum atomic E-state index is -0.103. The minimum absolute atomic E-state index is 0.0506. The largest absolute Gasteiger partial charge is 0.343 e. The lowest BCUT2D eigenvalue weighted by molar-refractivity contribution is -0.134. The molecule has 3 aromatic rings. The molecule has 11 heteroatoms. The topological polar surface area (TPSA) is 119 Å². The van der Waals surface area contributed by atoms with Crippen LogP contribution in [-0.2, 0) is 16.1 Å². The molecule has 1 N–H and O–H groups in total. The quantitative estimate of drug-likeness (QED) is 0.612. The molecule has 1 aliphatic rings. The Hall–Kier alpha value is -3.21. The molecule has 156 valence electrons. The first-order chi connectivity index (χ1) is 14.7. The number of likely N-dealkylation sites (tertiary alicyclic amines) is 1. The number of hydrogen-bond acceptors (Lipinski definition) is 8. The van der Waals surface area contributed by atoms with E-state index in [1.54, 1.807) is 5.51 Å². The lowest BCUT2D eigenvalue weighted by Gasteiger charge is -2.31. The number of hydrogen-bond donors (Lipinski definition) is 1. The number of aromatic nitrogens is 6. The third-order valence-electron chi connectivity index (χ3n) is 5.04. The maximum atomic E-state index is 12.5. The van der Waals surface area contributed by atoms with E-state index in [0.717, 1.165) is 5.56 Å². The highest BCUT2D eigenvalue weighted by atomic mass is 32.1. The third-order valence-corrected chi connectivity index (χ3v) is 5.65. The molecule has 0 aliphatic carbocycles. The van der Waals surface area contributed by atoms with Crippen LogP contribution in [0.2, 0.25) is 0 Å². The molecule has 1 saturated heterocycles. The van der Waals surface area contributed by atoms with Crippen molar-refractivity contribution >= 4 is 28.3 Å². The first-order valence-corrected chi connectivity index (χ1v) is 10.7. The van der Waals surface area contributed by atoms with E-state index in [9.17, 15) is 9.59 Å². The molecule has 3 heterocycles. The van der Waals surface area contributed by atoms with Crippen LogP contribution in [0.1, 0.15) is 25.7 Å². The van der Waals surface area contributed by atoms with Gasteiger partial charge in [-0.25, -0.2) is 0 Å². The molecule has 0 bridgehead atoms. The molecule has 2 amide bonds. The van der Waals surface area contributed by atoms with Gasteiger partial charge >= 0.3 is 0 Å². The highest BCUT2D eigenvalue weighted by Crippen LogP contribution is 2.21. The number of piperidine rings is 1. The lowest BCUT2D eigenvalue weighted by atomic mass is 9.95. The van der Waals surface area contributed by atoms with Gasteiger partial charge in [-0.1, -0.05) is 41.7 Å². The van der Waals surface area contributed by atoms with Gasteiger partial charge < -0.3 is 10.2 Å². The van der Waals surface area contributed by atoms with E-state index in [1.165, 1.54) is 16.1 Å². The van der Waals surface area contributed by atoms with Crippen molar-refractivity contribution in [2.24, 2.45) is 5.92 Å². The van der Waals surface area contributed by atoms with Crippen LogP contribution in [0.15, 0.2) is 35.8 Å². The Kier molecular flexibility index (Phi) is 6.38. The van der Waals surface area contributed by atoms with Crippen LogP contribution in [0, 0.1) is 5.92 Å². The molecule has 30 heavy (non-hydrogen) atoms. The van der Waals surface area contributed by atoms with Crippen LogP contribution < -0.4 is 5.32 Å². The van der Waals surface area contributed by atoms with E-state index < -0.39 is 0 Å². The maximum Gasteiger partial charge on any atom is 0.229 e. The van der Waals surface area contributed by atoms with Gasteiger partial charge in [0.2, 0.25) is 22.8 Å². The summed E-state index contributed by atoms with van der Waals surface area (Å²) < 4.78 is 0. The summed E-state index contributed by atoms with van der Waals surface area (Å²) in [6.07, 6.45) is 2.37. The first kappa shape index (κ1) is 20.1. The van der Waals surface area contributed by atoms with E-state index >= 15 is 0 Å². The molecule has 0 unspecified atom stereocenters. The normalized spacial score (nSPS) is 14.6. The second kappa shape index (κ2) is 9.53. The number of anilines is 1. The average molecular weight is 427 g/mol. The first-order valence-electron chi connectivity index (χ1n) is 9.87. The Balaban J connectivity index is 1.18. The van der Waals surface area contributed by atoms with Crippen molar-refractivity contribution in [1.29, 1.82) is 0 Å². The Morgan fingerprint density at radius 3 is 2.67 bits per heavy atom. The van der Waals surface area contributed by atoms with Gasteiger partial charge in [0.15, 0.2) is 0 Å². The van der Waals surface area contributed by atoms with Gasteiger partial charge in [0, 0.05) is 31.0 Å². The van der Waals surface area contributed by atoms with Gasteiger partial charge in [-0.15, -0.1) is 20.4 Å². The monoisotopic (exact) mass is 426 g/mol. The molecular formula is C19H22N8O2S. The number of aryl methyl sites for hydroxylation is 1. The van der Waals surface area contributed by atoms with Crippen molar-refractivity contribution in [1.82, 2.24) is 35.3 Å². The standard InChI is InChI=1S/C19H22N8O2S/c28-16(7-4-10-27-24-17(22-25-27)14-5-2-1-3-6-14)26-11-8-15(9-12-26)18(29)21-19-23-20-13-30-19/h1-3,5-6,13,15H,4,7-12H2,(H,21,23,29). The molecule has 0 radical (unpaired) electrons. The summed E-state index contributed by atoms with van der Waals surface area (Å²) in [4.78, 5) is 28.1. The predicted octanol–water partition coefficient (Wildman–Crippen LogP) is 1.85. The summed E-state index contributed by atoms with van der Waals surface area (Å²) in [5.41, 5.74) is 2.49. The van der Waals surface area contributed by atoms with Gasteiger partial charge in [-0.3, -0.25) is 9.59 Å². The molecule has 2 aromatic heterocycles. The van der Waals surface area contributed by atoms with Crippen LogP contribution in [0.3, 0.4) is 0 Å². The van der Waals surface area contributed by atoms with Gasteiger partial charge in [0.05, 0.1) is 6.54 Å². The SMILES string of the molecule is O=C(Nc1nncs1)C1CCN(C(=O)CCCn2nnc(-c3ccccc3)n2)CC1. The molecular weight excluding hydrogens is 404 g/mol. The molecule has 0 atom stereocenters. The molecule has 4 rings (SSSR count). The van der Waals surface area contributed by atoms with Gasteiger partial charge in [0.1, 0.15) is 5.51 Å². The lowest BCUT2D eigenvalue weighted by Crippen LogP contribution is -2.41. The fourth-order valence-electron chi connectivity index (χ4n) is 3.40. The Morgan fingerprint density at radius 2 is 1.93 bits per heavy atom. The smallest absolute Gasteiger partial charge is 0.229 e. The Morgan fingerprint density at radius 1 is 1.13 bits per heavy atom. The van der Waals surface area contributed by atoms with Crippen molar-refractivity contribution in [2.45, 2.75) is 32.2 Å². The molecule has 0 spiro atoms. The van der Waals surface area contributed by atoms with E-state index in [-0.39, 0.29) is 17.7 Å². The average Bonchev–Trinajstić information content (AvgIpc) is 3.47. The zero-order valence-corrected chi connectivity index (χ0v) is 17.2. The number of amides is 2. The zero-order valence-electron chi connectivity index (χ0n) is 16.3. The summed E-state index contributed by atoms with van der Waals surface area (Å²) in [6.45, 7) is 1.71. The number of tetrazole rings is 1. The highest BCUT2D eigenvalue weighted by Gasteiger charge is 2.27. The second-order valence-electron chi connectivity index (χ2n) is 7.07. The van der Waals surface area contributed by atoms with Crippen molar-refractivity contribution in [3.8, 4) is 11.4 Å². The fourth-order valence-corrected chi connectivity index (χ4v) is 3.84. The van der Waals surface area contributed by atoms with E-state index in [0.29, 0.717) is 56.3 Å². The van der Waals surface area contributed by atoms with Crippen molar-refractivity contribution in [3.05, 3.63) is 35.8 Å². The molecule has 0 saturated carbocycles. The van der Waals surface area contributed by atoms with Gasteiger partial charge in [-0.05, 0) is 24.5 Å². The number of carbonyl (C=O) groups excluding carboxylic acids is 2. The van der Waals surface area contributed by atoms with Crippen molar-refractivity contribution < 1.29 is 9.59 Å². The highest BCUT2D eigenvalue weighted by molar-refractivity contribution is 7.13. The van der Waals surface area contributed by atoms with E-state index in [4.69, 9.17) is 0 Å². The second-order valence-corrected chi connectivity index (χ2v) is 7.90. The Labute approximate surface area is 177 Å². The fraction of sp³-hybridized carbons (Fsp3) is 0.421. The maximum absolute atomic E-state index is 12.5. The van der Waals surface area contributed by atoms with Gasteiger partial charge in [0.25, 0.3) is 0 Å². The summed E-state index contributed by atoms with van der Waals surface area (Å²) >= 11 is 1.29. The summed E-state index contributed by atoms with van der Waals surface area (Å²) in [6, 6.07) is 9.66. The zero-order chi connectivity index (χ0) is 20.8. The Bertz CT molecular complexity index is 968. The van der Waals surface area contributed by atoms with Crippen molar-refractivity contribution in [2.75, 3.05) is 18.4 Å². The van der Waals surface area contributed by atoms with Crippen LogP contribution in [-0.4, -0.2) is 60.2 Å². The van der Waals surface area contributed by atoms with E-state index in [2.05, 4.69) is 30.9 Å². The number of benzene rings is 1. The third kappa shape index (κ3) is 5.03. The van der Waals surface area contributed by atoms with E-state index in [1.807, 2.05) is 35.2 Å². The summed E-state index contributed by atoms with van der Waals surface area (Å²) in [5.74, 6) is 0.524.